The standard InChI is InChI=1S/C13H13Cl2N3O/c14-10-3-9(13(19)12(15)4-10)6-17-1-2-18-8-16-5-11(18)7-17/h3-5,8,19H,1-2,6-7H2. The largest absolute Gasteiger partial charge is 0.506 e. The van der Waals surface area contributed by atoms with Gasteiger partial charge >= 0.3 is 0 Å². The van der Waals surface area contributed by atoms with Crippen LogP contribution in [0.3, 0.4) is 0 Å². The molecule has 19 heavy (non-hydrogen) atoms. The van der Waals surface area contributed by atoms with E-state index in [1.165, 1.54) is 5.69 Å². The number of hydrogen-bond donors (Lipinski definition) is 1. The van der Waals surface area contributed by atoms with Crippen molar-refractivity contribution in [1.82, 2.24) is 14.5 Å². The molecule has 0 amide bonds. The molecule has 1 aliphatic heterocycles. The van der Waals surface area contributed by atoms with E-state index in [2.05, 4.69) is 14.5 Å². The molecule has 0 aliphatic carbocycles. The van der Waals surface area contributed by atoms with Crippen molar-refractivity contribution >= 4 is 23.2 Å². The molecule has 1 aliphatic rings. The molecular formula is C13H13Cl2N3O. The number of phenolic OH excluding ortho intramolecular Hbond substituents is 1. The molecule has 3 rings (SSSR count). The maximum Gasteiger partial charge on any atom is 0.138 e. The monoisotopic (exact) mass is 297 g/mol. The second-order valence-electron chi connectivity index (χ2n) is 4.68. The van der Waals surface area contributed by atoms with Crippen LogP contribution in [0, 0.1) is 0 Å². The summed E-state index contributed by atoms with van der Waals surface area (Å²) in [5.41, 5.74) is 1.93. The highest BCUT2D eigenvalue weighted by Crippen LogP contribution is 2.32. The first-order valence-corrected chi connectivity index (χ1v) is 6.77. The quantitative estimate of drug-likeness (QED) is 0.927. The van der Waals surface area contributed by atoms with Crippen LogP contribution in [0.15, 0.2) is 24.7 Å². The van der Waals surface area contributed by atoms with Gasteiger partial charge in [0.25, 0.3) is 0 Å². The average molecular weight is 298 g/mol. The van der Waals surface area contributed by atoms with Gasteiger partial charge < -0.3 is 9.67 Å². The highest BCUT2D eigenvalue weighted by atomic mass is 35.5. The number of aromatic nitrogens is 2. The van der Waals surface area contributed by atoms with E-state index >= 15 is 0 Å². The summed E-state index contributed by atoms with van der Waals surface area (Å²) >= 11 is 11.9. The van der Waals surface area contributed by atoms with E-state index in [0.29, 0.717) is 16.6 Å². The van der Waals surface area contributed by atoms with Crippen LogP contribution in [-0.4, -0.2) is 26.1 Å². The Hall–Kier alpha value is -1.23. The number of phenols is 1. The van der Waals surface area contributed by atoms with Crippen LogP contribution in [-0.2, 0) is 19.6 Å². The Morgan fingerprint density at radius 1 is 1.26 bits per heavy atom. The summed E-state index contributed by atoms with van der Waals surface area (Å²) in [5.74, 6) is 0.116. The first-order valence-electron chi connectivity index (χ1n) is 6.02. The van der Waals surface area contributed by atoms with Crippen molar-refractivity contribution in [2.24, 2.45) is 0 Å². The number of aromatic hydroxyl groups is 1. The van der Waals surface area contributed by atoms with Crippen molar-refractivity contribution in [2.45, 2.75) is 19.6 Å². The van der Waals surface area contributed by atoms with Gasteiger partial charge in [-0.3, -0.25) is 4.90 Å². The Labute approximate surface area is 121 Å². The fourth-order valence-electron chi connectivity index (χ4n) is 2.35. The van der Waals surface area contributed by atoms with Crippen LogP contribution in [0.2, 0.25) is 10.0 Å². The van der Waals surface area contributed by atoms with Crippen molar-refractivity contribution in [2.75, 3.05) is 6.54 Å². The molecule has 0 saturated carbocycles. The Morgan fingerprint density at radius 2 is 2.11 bits per heavy atom. The number of fused-ring (bicyclic) bond motifs is 1. The van der Waals surface area contributed by atoms with Crippen LogP contribution >= 0.6 is 23.2 Å². The first kappa shape index (κ1) is 12.8. The first-order chi connectivity index (χ1) is 9.13. The zero-order chi connectivity index (χ0) is 13.4. The molecule has 0 saturated heterocycles. The molecule has 2 aromatic rings. The minimum Gasteiger partial charge on any atom is -0.506 e. The van der Waals surface area contributed by atoms with Crippen molar-refractivity contribution in [3.8, 4) is 5.75 Å². The molecule has 100 valence electrons. The third kappa shape index (κ3) is 2.56. The van der Waals surface area contributed by atoms with Gasteiger partial charge in [0.2, 0.25) is 0 Å². The van der Waals surface area contributed by atoms with Gasteiger partial charge in [0.1, 0.15) is 5.75 Å². The van der Waals surface area contributed by atoms with Crippen molar-refractivity contribution < 1.29 is 5.11 Å². The van der Waals surface area contributed by atoms with Gasteiger partial charge in [0.05, 0.1) is 17.0 Å². The maximum atomic E-state index is 9.97. The molecule has 0 bridgehead atoms. The Bertz CT molecular complexity index is 612. The van der Waals surface area contributed by atoms with Gasteiger partial charge in [-0.25, -0.2) is 4.98 Å². The zero-order valence-electron chi connectivity index (χ0n) is 10.2. The summed E-state index contributed by atoms with van der Waals surface area (Å²) in [6, 6.07) is 3.31. The lowest BCUT2D eigenvalue weighted by Crippen LogP contribution is -2.32. The smallest absolute Gasteiger partial charge is 0.138 e. The molecule has 1 aromatic carbocycles. The van der Waals surface area contributed by atoms with E-state index in [9.17, 15) is 5.11 Å². The number of hydrogen-bond acceptors (Lipinski definition) is 3. The Kier molecular flexibility index (Phi) is 3.39. The van der Waals surface area contributed by atoms with Gasteiger partial charge in [-0.05, 0) is 12.1 Å². The van der Waals surface area contributed by atoms with Crippen LogP contribution < -0.4 is 0 Å². The minimum absolute atomic E-state index is 0.116. The van der Waals surface area contributed by atoms with Crippen LogP contribution in [0.25, 0.3) is 0 Å². The Balaban J connectivity index is 1.80. The average Bonchev–Trinajstić information content (AvgIpc) is 2.82. The van der Waals surface area contributed by atoms with Crippen molar-refractivity contribution in [3.63, 3.8) is 0 Å². The fourth-order valence-corrected chi connectivity index (χ4v) is 2.89. The van der Waals surface area contributed by atoms with Crippen molar-refractivity contribution in [1.29, 1.82) is 0 Å². The second-order valence-corrected chi connectivity index (χ2v) is 5.53. The molecule has 1 N–H and O–H groups in total. The summed E-state index contributed by atoms with van der Waals surface area (Å²) in [5, 5.41) is 10.8. The summed E-state index contributed by atoms with van der Waals surface area (Å²) in [4.78, 5) is 6.37. The number of benzene rings is 1. The van der Waals surface area contributed by atoms with E-state index in [1.807, 2.05) is 12.5 Å². The van der Waals surface area contributed by atoms with Crippen molar-refractivity contribution in [3.05, 3.63) is 46.0 Å². The summed E-state index contributed by atoms with van der Waals surface area (Å²) < 4.78 is 2.14. The molecule has 0 spiro atoms. The number of imidazole rings is 1. The van der Waals surface area contributed by atoms with Gasteiger partial charge in [-0.2, -0.15) is 0 Å². The van der Waals surface area contributed by atoms with Gasteiger partial charge in [-0.1, -0.05) is 23.2 Å². The lowest BCUT2D eigenvalue weighted by Gasteiger charge is -2.28. The van der Waals surface area contributed by atoms with E-state index in [0.717, 1.165) is 25.2 Å². The van der Waals surface area contributed by atoms with Crippen LogP contribution in [0.4, 0.5) is 0 Å². The van der Waals surface area contributed by atoms with Crippen LogP contribution in [0.1, 0.15) is 11.3 Å². The van der Waals surface area contributed by atoms with E-state index < -0.39 is 0 Å². The van der Waals surface area contributed by atoms with E-state index in [4.69, 9.17) is 23.2 Å². The van der Waals surface area contributed by atoms with Gasteiger partial charge in [-0.15, -0.1) is 0 Å². The lowest BCUT2D eigenvalue weighted by atomic mass is 10.1. The molecule has 0 atom stereocenters. The number of halogens is 2. The highest BCUT2D eigenvalue weighted by Gasteiger charge is 2.18. The fraction of sp³-hybridized carbons (Fsp3) is 0.308. The van der Waals surface area contributed by atoms with E-state index in [1.54, 1.807) is 12.1 Å². The third-order valence-corrected chi connectivity index (χ3v) is 3.85. The molecule has 1 aromatic heterocycles. The normalized spacial score (nSPS) is 15.5. The zero-order valence-corrected chi connectivity index (χ0v) is 11.7. The maximum absolute atomic E-state index is 9.97. The predicted octanol–water partition coefficient (Wildman–Crippen LogP) is 2.91. The molecule has 4 nitrogen and oxygen atoms in total. The third-order valence-electron chi connectivity index (χ3n) is 3.34. The molecule has 0 unspecified atom stereocenters. The summed E-state index contributed by atoms with van der Waals surface area (Å²) in [6.45, 7) is 3.25. The van der Waals surface area contributed by atoms with E-state index in [-0.39, 0.29) is 5.75 Å². The molecule has 2 heterocycles. The summed E-state index contributed by atoms with van der Waals surface area (Å²) in [6.07, 6.45) is 3.72. The SMILES string of the molecule is Oc1c(Cl)cc(Cl)cc1CN1CCn2cncc2C1. The molecule has 0 radical (unpaired) electrons. The molecule has 0 fully saturated rings. The second kappa shape index (κ2) is 5.04. The highest BCUT2D eigenvalue weighted by molar-refractivity contribution is 6.35. The van der Waals surface area contributed by atoms with Gasteiger partial charge in [0, 0.05) is 43.0 Å². The topological polar surface area (TPSA) is 41.3 Å². The number of nitrogens with zero attached hydrogens (tertiary/aromatic N) is 3. The summed E-state index contributed by atoms with van der Waals surface area (Å²) in [7, 11) is 0. The van der Waals surface area contributed by atoms with Gasteiger partial charge in [0.15, 0.2) is 0 Å². The minimum atomic E-state index is 0.116. The number of rotatable bonds is 2. The lowest BCUT2D eigenvalue weighted by molar-refractivity contribution is 0.211. The predicted molar refractivity (Wildman–Crippen MR) is 74.5 cm³/mol. The Morgan fingerprint density at radius 3 is 2.95 bits per heavy atom. The molecular weight excluding hydrogens is 285 g/mol. The van der Waals surface area contributed by atoms with Crippen LogP contribution in [0.5, 0.6) is 5.75 Å². The molecule has 6 heteroatoms.